The Balaban J connectivity index is 1.68. The highest BCUT2D eigenvalue weighted by atomic mass is 32.2. The summed E-state index contributed by atoms with van der Waals surface area (Å²) in [5.41, 5.74) is 0.710. The van der Waals surface area contributed by atoms with Gasteiger partial charge < -0.3 is 4.98 Å². The summed E-state index contributed by atoms with van der Waals surface area (Å²) in [5, 5.41) is 15.1. The highest BCUT2D eigenvalue weighted by Gasteiger charge is 2.32. The van der Waals surface area contributed by atoms with Crippen molar-refractivity contribution in [2.24, 2.45) is 0 Å². The van der Waals surface area contributed by atoms with Crippen molar-refractivity contribution in [2.45, 2.75) is 36.4 Å². The molecule has 1 aromatic heterocycles. The van der Waals surface area contributed by atoms with E-state index in [0.717, 1.165) is 16.3 Å². The summed E-state index contributed by atoms with van der Waals surface area (Å²) in [5.74, 6) is 0.757. The smallest absolute Gasteiger partial charge is 0.113 e. The van der Waals surface area contributed by atoms with Gasteiger partial charge in [-0.15, -0.1) is 11.8 Å². The van der Waals surface area contributed by atoms with Gasteiger partial charge in [0.25, 0.3) is 0 Å². The zero-order chi connectivity index (χ0) is 13.3. The van der Waals surface area contributed by atoms with Crippen molar-refractivity contribution in [3.05, 3.63) is 30.3 Å². The van der Waals surface area contributed by atoms with E-state index in [2.05, 4.69) is 34.6 Å². The van der Waals surface area contributed by atoms with Gasteiger partial charge in [-0.25, -0.2) is 0 Å². The molecule has 1 aliphatic rings. The predicted molar refractivity (Wildman–Crippen MR) is 79.2 cm³/mol. The van der Waals surface area contributed by atoms with Gasteiger partial charge in [-0.3, -0.25) is 5.32 Å². The van der Waals surface area contributed by atoms with Gasteiger partial charge in [0.15, 0.2) is 0 Å². The lowest BCUT2D eigenvalue weighted by atomic mass is 10.1. The van der Waals surface area contributed by atoms with Crippen molar-refractivity contribution in [1.82, 2.24) is 10.3 Å². The van der Waals surface area contributed by atoms with Crippen LogP contribution in [0.1, 0.15) is 19.8 Å². The molecule has 19 heavy (non-hydrogen) atoms. The number of aromatic amines is 1. The van der Waals surface area contributed by atoms with Crippen LogP contribution < -0.4 is 5.32 Å². The van der Waals surface area contributed by atoms with Crippen LogP contribution in [0.4, 0.5) is 0 Å². The maximum absolute atomic E-state index is 9.34. The molecule has 0 aliphatic heterocycles. The number of nitrogens with one attached hydrogen (secondary N) is 2. The Morgan fingerprint density at radius 3 is 2.95 bits per heavy atom. The molecule has 1 saturated carbocycles. The van der Waals surface area contributed by atoms with E-state index in [0.29, 0.717) is 6.04 Å². The monoisotopic (exact) mass is 271 g/mol. The average molecular weight is 271 g/mol. The number of hydrogen-bond acceptors (Lipinski definition) is 3. The lowest BCUT2D eigenvalue weighted by Crippen LogP contribution is -2.44. The van der Waals surface area contributed by atoms with Crippen LogP contribution in [-0.4, -0.2) is 22.3 Å². The number of fused-ring (bicyclic) bond motifs is 1. The van der Waals surface area contributed by atoms with E-state index in [9.17, 15) is 5.26 Å². The van der Waals surface area contributed by atoms with Crippen molar-refractivity contribution in [1.29, 1.82) is 5.26 Å². The molecular formula is C15H17N3S. The van der Waals surface area contributed by atoms with Gasteiger partial charge >= 0.3 is 0 Å². The molecule has 0 saturated heterocycles. The molecule has 1 atom stereocenters. The number of benzene rings is 1. The number of H-pyrrole nitrogens is 1. The molecule has 1 aromatic carbocycles. The number of thioether (sulfide) groups is 1. The van der Waals surface area contributed by atoms with E-state index < -0.39 is 5.54 Å². The molecule has 3 nitrogen and oxygen atoms in total. The Morgan fingerprint density at radius 1 is 1.47 bits per heavy atom. The summed E-state index contributed by atoms with van der Waals surface area (Å²) in [6.45, 7) is 1.99. The van der Waals surface area contributed by atoms with Gasteiger partial charge in [-0.2, -0.15) is 5.26 Å². The van der Waals surface area contributed by atoms with E-state index in [4.69, 9.17) is 0 Å². The molecule has 1 unspecified atom stereocenters. The van der Waals surface area contributed by atoms with E-state index in [-0.39, 0.29) is 0 Å². The molecule has 2 aromatic rings. The van der Waals surface area contributed by atoms with Crippen LogP contribution in [0, 0.1) is 11.3 Å². The second-order valence-corrected chi connectivity index (χ2v) is 6.39. The minimum atomic E-state index is -0.441. The van der Waals surface area contributed by atoms with E-state index in [1.54, 1.807) is 11.8 Å². The number of nitriles is 1. The second kappa shape index (κ2) is 4.92. The van der Waals surface area contributed by atoms with Gasteiger partial charge in [0.1, 0.15) is 5.54 Å². The molecule has 0 spiro atoms. The molecule has 1 aliphatic carbocycles. The molecule has 98 valence electrons. The summed E-state index contributed by atoms with van der Waals surface area (Å²) in [6.07, 6.45) is 2.41. The van der Waals surface area contributed by atoms with Gasteiger partial charge in [0.05, 0.1) is 11.1 Å². The quantitative estimate of drug-likeness (QED) is 0.820. The number of para-hydroxylation sites is 1. The fourth-order valence-corrected chi connectivity index (χ4v) is 3.12. The Morgan fingerprint density at radius 2 is 2.26 bits per heavy atom. The third kappa shape index (κ3) is 2.94. The van der Waals surface area contributed by atoms with Crippen molar-refractivity contribution >= 4 is 22.7 Å². The first-order chi connectivity index (χ1) is 9.18. The summed E-state index contributed by atoms with van der Waals surface area (Å²) in [4.78, 5) is 3.39. The van der Waals surface area contributed by atoms with Crippen molar-refractivity contribution in [2.75, 3.05) is 5.75 Å². The van der Waals surface area contributed by atoms with Crippen LogP contribution in [0.25, 0.3) is 10.9 Å². The van der Waals surface area contributed by atoms with Gasteiger partial charge in [0.2, 0.25) is 0 Å². The van der Waals surface area contributed by atoms with E-state index in [1.807, 2.05) is 19.1 Å². The lowest BCUT2D eigenvalue weighted by molar-refractivity contribution is 0.490. The summed E-state index contributed by atoms with van der Waals surface area (Å²) >= 11 is 1.71. The third-order valence-corrected chi connectivity index (χ3v) is 4.62. The molecule has 1 heterocycles. The van der Waals surface area contributed by atoms with Crippen LogP contribution in [0.3, 0.4) is 0 Å². The summed E-state index contributed by atoms with van der Waals surface area (Å²) < 4.78 is 0. The maximum atomic E-state index is 9.34. The highest BCUT2D eigenvalue weighted by Crippen LogP contribution is 2.28. The largest absolute Gasteiger partial charge is 0.350 e. The number of aromatic nitrogens is 1. The Kier molecular flexibility index (Phi) is 3.26. The third-order valence-electron chi connectivity index (χ3n) is 3.37. The summed E-state index contributed by atoms with van der Waals surface area (Å²) in [6, 6.07) is 13.3. The highest BCUT2D eigenvalue weighted by molar-refractivity contribution is 7.99. The fourth-order valence-electron chi connectivity index (χ4n) is 2.13. The Hall–Kier alpha value is -1.44. The number of rotatable bonds is 5. The molecule has 0 amide bonds. The van der Waals surface area contributed by atoms with Crippen LogP contribution in [0.5, 0.6) is 0 Å². The Bertz CT molecular complexity index is 591. The molecule has 2 N–H and O–H groups in total. The van der Waals surface area contributed by atoms with E-state index >= 15 is 0 Å². The first-order valence-electron chi connectivity index (χ1n) is 6.58. The van der Waals surface area contributed by atoms with E-state index in [1.165, 1.54) is 18.2 Å². The molecule has 3 rings (SSSR count). The van der Waals surface area contributed by atoms with Gasteiger partial charge in [-0.1, -0.05) is 18.2 Å². The number of hydrogen-bond donors (Lipinski definition) is 2. The Labute approximate surface area is 117 Å². The van der Waals surface area contributed by atoms with Crippen molar-refractivity contribution in [3.63, 3.8) is 0 Å². The predicted octanol–water partition coefficient (Wildman–Crippen LogP) is 3.29. The molecule has 0 radical (unpaired) electrons. The molecule has 1 fully saturated rings. The zero-order valence-corrected chi connectivity index (χ0v) is 11.8. The van der Waals surface area contributed by atoms with Crippen LogP contribution in [-0.2, 0) is 0 Å². The van der Waals surface area contributed by atoms with Gasteiger partial charge in [0, 0.05) is 22.7 Å². The summed E-state index contributed by atoms with van der Waals surface area (Å²) in [7, 11) is 0. The standard InChI is InChI=1S/C15H17N3S/c1-15(9-16,18-12-6-7-12)10-19-14-8-11-4-2-3-5-13(11)17-14/h2-5,8,12,17-18H,6-7,10H2,1H3. The van der Waals surface area contributed by atoms with Gasteiger partial charge in [-0.05, 0) is 31.9 Å². The fraction of sp³-hybridized carbons (Fsp3) is 0.400. The minimum absolute atomic E-state index is 0.441. The molecule has 0 bridgehead atoms. The molecular weight excluding hydrogens is 254 g/mol. The lowest BCUT2D eigenvalue weighted by Gasteiger charge is -2.22. The topological polar surface area (TPSA) is 51.6 Å². The van der Waals surface area contributed by atoms with Crippen molar-refractivity contribution < 1.29 is 0 Å². The van der Waals surface area contributed by atoms with Crippen LogP contribution in [0.2, 0.25) is 0 Å². The molecule has 4 heteroatoms. The van der Waals surface area contributed by atoms with Crippen molar-refractivity contribution in [3.8, 4) is 6.07 Å². The number of nitrogens with zero attached hydrogens (tertiary/aromatic N) is 1. The second-order valence-electron chi connectivity index (χ2n) is 5.37. The minimum Gasteiger partial charge on any atom is -0.350 e. The average Bonchev–Trinajstić information content (AvgIpc) is 3.12. The normalized spacial score (nSPS) is 18.1. The van der Waals surface area contributed by atoms with Crippen LogP contribution in [0.15, 0.2) is 35.4 Å². The SMILES string of the molecule is CC(C#N)(CSc1cc2ccccc2[nH]1)NC1CC1. The maximum Gasteiger partial charge on any atom is 0.113 e. The first kappa shape index (κ1) is 12.6. The zero-order valence-electron chi connectivity index (χ0n) is 10.9. The van der Waals surface area contributed by atoms with Crippen LogP contribution >= 0.6 is 11.8 Å². The first-order valence-corrected chi connectivity index (χ1v) is 7.57.